The molecule has 0 aliphatic rings. The minimum Gasteiger partial charge on any atom is -0.497 e. The van der Waals surface area contributed by atoms with Gasteiger partial charge in [-0.3, -0.25) is 0 Å². The number of aryl methyl sites for hydroxylation is 2. The average Bonchev–Trinajstić information content (AvgIpc) is 2.44. The van der Waals surface area contributed by atoms with E-state index in [1.54, 1.807) is 27.0 Å². The van der Waals surface area contributed by atoms with E-state index in [1.807, 2.05) is 24.3 Å². The number of pyridine rings is 1. The summed E-state index contributed by atoms with van der Waals surface area (Å²) >= 11 is 0. The Morgan fingerprint density at radius 2 is 2.05 bits per heavy atom. The highest BCUT2D eigenvalue weighted by Crippen LogP contribution is 2.22. The van der Waals surface area contributed by atoms with Crippen molar-refractivity contribution in [2.45, 2.75) is 20.5 Å². The highest BCUT2D eigenvalue weighted by atomic mass is 16.5. The van der Waals surface area contributed by atoms with Gasteiger partial charge in [0.05, 0.1) is 7.11 Å². The SMILES string of the molecule is COc1cccc(COc2nc(C)cc(C)c2C(=O)O)c1. The van der Waals surface area contributed by atoms with Gasteiger partial charge in [0.2, 0.25) is 5.88 Å². The summed E-state index contributed by atoms with van der Waals surface area (Å²) in [6.07, 6.45) is 0. The molecule has 0 bridgehead atoms. The third-order valence-electron chi connectivity index (χ3n) is 3.04. The molecule has 5 nitrogen and oxygen atoms in total. The number of carboxylic acid groups (broad SMARTS) is 1. The van der Waals surface area contributed by atoms with Crippen LogP contribution in [-0.2, 0) is 6.61 Å². The van der Waals surface area contributed by atoms with Crippen molar-refractivity contribution in [3.63, 3.8) is 0 Å². The molecule has 1 heterocycles. The normalized spacial score (nSPS) is 10.2. The van der Waals surface area contributed by atoms with Gasteiger partial charge in [-0.2, -0.15) is 0 Å². The summed E-state index contributed by atoms with van der Waals surface area (Å²) in [5, 5.41) is 9.28. The van der Waals surface area contributed by atoms with Crippen molar-refractivity contribution in [1.82, 2.24) is 4.98 Å². The van der Waals surface area contributed by atoms with Gasteiger partial charge >= 0.3 is 5.97 Å². The van der Waals surface area contributed by atoms with Crippen molar-refractivity contribution >= 4 is 5.97 Å². The molecule has 1 aromatic heterocycles. The van der Waals surface area contributed by atoms with E-state index in [0.29, 0.717) is 5.56 Å². The van der Waals surface area contributed by atoms with Crippen LogP contribution in [0.4, 0.5) is 0 Å². The molecule has 0 fully saturated rings. The molecule has 1 N–H and O–H groups in total. The zero-order valence-corrected chi connectivity index (χ0v) is 12.2. The first-order valence-electron chi connectivity index (χ1n) is 6.48. The Bertz CT molecular complexity index is 667. The van der Waals surface area contributed by atoms with Crippen LogP contribution in [0.15, 0.2) is 30.3 Å². The Kier molecular flexibility index (Phi) is 4.42. The van der Waals surface area contributed by atoms with E-state index < -0.39 is 5.97 Å². The minimum atomic E-state index is -1.04. The van der Waals surface area contributed by atoms with Gasteiger partial charge in [0.1, 0.15) is 17.9 Å². The average molecular weight is 287 g/mol. The maximum atomic E-state index is 11.3. The number of carbonyl (C=O) groups is 1. The Balaban J connectivity index is 2.25. The number of methoxy groups -OCH3 is 1. The van der Waals surface area contributed by atoms with Gasteiger partial charge in [0.25, 0.3) is 0 Å². The van der Waals surface area contributed by atoms with Crippen molar-refractivity contribution in [3.05, 3.63) is 52.7 Å². The van der Waals surface area contributed by atoms with Crippen LogP contribution in [0.3, 0.4) is 0 Å². The van der Waals surface area contributed by atoms with Crippen LogP contribution in [0.1, 0.15) is 27.2 Å². The molecule has 5 heteroatoms. The van der Waals surface area contributed by atoms with Crippen LogP contribution in [0.5, 0.6) is 11.6 Å². The van der Waals surface area contributed by atoms with E-state index in [4.69, 9.17) is 9.47 Å². The fourth-order valence-electron chi connectivity index (χ4n) is 2.08. The van der Waals surface area contributed by atoms with Gasteiger partial charge in [-0.05, 0) is 43.2 Å². The standard InChI is InChI=1S/C16H17NO4/c1-10-7-11(2)17-15(14(10)16(18)19)21-9-12-5-4-6-13(8-12)20-3/h4-8H,9H2,1-3H3,(H,18,19). The smallest absolute Gasteiger partial charge is 0.341 e. The lowest BCUT2D eigenvalue weighted by Crippen LogP contribution is -2.08. The molecule has 0 aliphatic heterocycles. The molecule has 1 aromatic carbocycles. The monoisotopic (exact) mass is 287 g/mol. The molecular formula is C16H17NO4. The lowest BCUT2D eigenvalue weighted by atomic mass is 10.1. The lowest BCUT2D eigenvalue weighted by Gasteiger charge is -2.11. The molecule has 110 valence electrons. The summed E-state index contributed by atoms with van der Waals surface area (Å²) in [7, 11) is 1.59. The highest BCUT2D eigenvalue weighted by Gasteiger charge is 2.17. The summed E-state index contributed by atoms with van der Waals surface area (Å²) in [5.74, 6) is -0.175. The van der Waals surface area contributed by atoms with E-state index in [1.165, 1.54) is 0 Å². The van der Waals surface area contributed by atoms with Gasteiger partial charge in [-0.15, -0.1) is 0 Å². The number of ether oxygens (including phenoxy) is 2. The molecule has 21 heavy (non-hydrogen) atoms. The quantitative estimate of drug-likeness (QED) is 0.915. The molecule has 0 saturated heterocycles. The number of rotatable bonds is 5. The maximum Gasteiger partial charge on any atom is 0.341 e. The lowest BCUT2D eigenvalue weighted by molar-refractivity contribution is 0.0689. The molecule has 0 aliphatic carbocycles. The predicted octanol–water partition coefficient (Wildman–Crippen LogP) is 2.98. The third kappa shape index (κ3) is 3.51. The Morgan fingerprint density at radius 1 is 1.29 bits per heavy atom. The fraction of sp³-hybridized carbons (Fsp3) is 0.250. The van der Waals surface area contributed by atoms with E-state index >= 15 is 0 Å². The molecule has 0 atom stereocenters. The van der Waals surface area contributed by atoms with Gasteiger partial charge in [-0.1, -0.05) is 12.1 Å². The number of nitrogens with zero attached hydrogens (tertiary/aromatic N) is 1. The van der Waals surface area contributed by atoms with E-state index in [2.05, 4.69) is 4.98 Å². The van der Waals surface area contributed by atoms with Crippen molar-refractivity contribution in [3.8, 4) is 11.6 Å². The first-order valence-corrected chi connectivity index (χ1v) is 6.48. The predicted molar refractivity (Wildman–Crippen MR) is 78.0 cm³/mol. The maximum absolute atomic E-state index is 11.3. The summed E-state index contributed by atoms with van der Waals surface area (Å²) in [6, 6.07) is 9.13. The van der Waals surface area contributed by atoms with Crippen LogP contribution in [-0.4, -0.2) is 23.2 Å². The van der Waals surface area contributed by atoms with Crippen molar-refractivity contribution < 1.29 is 19.4 Å². The van der Waals surface area contributed by atoms with Crippen LogP contribution >= 0.6 is 0 Å². The Labute approximate surface area is 123 Å². The second kappa shape index (κ2) is 6.26. The number of aromatic carboxylic acids is 1. The van der Waals surface area contributed by atoms with Gasteiger partial charge in [0, 0.05) is 5.69 Å². The molecule has 0 unspecified atom stereocenters. The topological polar surface area (TPSA) is 68.7 Å². The molecule has 2 aromatic rings. The first kappa shape index (κ1) is 14.8. The van der Waals surface area contributed by atoms with Gasteiger partial charge in [0.15, 0.2) is 0 Å². The molecule has 0 spiro atoms. The van der Waals surface area contributed by atoms with E-state index in [9.17, 15) is 9.90 Å². The van der Waals surface area contributed by atoms with E-state index in [-0.39, 0.29) is 18.1 Å². The van der Waals surface area contributed by atoms with Crippen LogP contribution in [0.25, 0.3) is 0 Å². The molecule has 0 amide bonds. The minimum absolute atomic E-state index is 0.100. The Hall–Kier alpha value is -2.56. The summed E-state index contributed by atoms with van der Waals surface area (Å²) in [4.78, 5) is 15.5. The Morgan fingerprint density at radius 3 is 2.71 bits per heavy atom. The number of hydrogen-bond donors (Lipinski definition) is 1. The third-order valence-corrected chi connectivity index (χ3v) is 3.04. The molecule has 0 radical (unpaired) electrons. The molecular weight excluding hydrogens is 270 g/mol. The summed E-state index contributed by atoms with van der Waals surface area (Å²) in [5.41, 5.74) is 2.34. The fourth-order valence-corrected chi connectivity index (χ4v) is 2.08. The highest BCUT2D eigenvalue weighted by molar-refractivity contribution is 5.91. The van der Waals surface area contributed by atoms with Crippen molar-refractivity contribution in [1.29, 1.82) is 0 Å². The first-order chi connectivity index (χ1) is 10.0. The number of carboxylic acids is 1. The zero-order chi connectivity index (χ0) is 15.4. The number of aromatic nitrogens is 1. The summed E-state index contributed by atoms with van der Waals surface area (Å²) < 4.78 is 10.7. The number of benzene rings is 1. The van der Waals surface area contributed by atoms with Crippen LogP contribution < -0.4 is 9.47 Å². The summed E-state index contributed by atoms with van der Waals surface area (Å²) in [6.45, 7) is 3.76. The largest absolute Gasteiger partial charge is 0.497 e. The van der Waals surface area contributed by atoms with Crippen LogP contribution in [0.2, 0.25) is 0 Å². The molecule has 2 rings (SSSR count). The van der Waals surface area contributed by atoms with Gasteiger partial charge < -0.3 is 14.6 Å². The second-order valence-electron chi connectivity index (χ2n) is 4.71. The molecule has 0 saturated carbocycles. The number of hydrogen-bond acceptors (Lipinski definition) is 4. The van der Waals surface area contributed by atoms with Crippen LogP contribution in [0, 0.1) is 13.8 Å². The van der Waals surface area contributed by atoms with Crippen molar-refractivity contribution in [2.75, 3.05) is 7.11 Å². The van der Waals surface area contributed by atoms with Gasteiger partial charge in [-0.25, -0.2) is 9.78 Å². The van der Waals surface area contributed by atoms with Crippen molar-refractivity contribution in [2.24, 2.45) is 0 Å². The second-order valence-corrected chi connectivity index (χ2v) is 4.71. The zero-order valence-electron chi connectivity index (χ0n) is 12.2. The van der Waals surface area contributed by atoms with E-state index in [0.717, 1.165) is 17.0 Å².